The molecule has 1 atom stereocenters. The van der Waals surface area contributed by atoms with Crippen LogP contribution in [0.25, 0.3) is 28.3 Å². The van der Waals surface area contributed by atoms with Gasteiger partial charge in [-0.25, -0.2) is 0 Å². The van der Waals surface area contributed by atoms with Crippen molar-refractivity contribution in [3.8, 4) is 22.3 Å². The van der Waals surface area contributed by atoms with E-state index in [0.717, 1.165) is 0 Å². The van der Waals surface area contributed by atoms with Crippen LogP contribution < -0.4 is 24.0 Å². The molecule has 0 saturated heterocycles. The first kappa shape index (κ1) is 31.7. The zero-order chi connectivity index (χ0) is 31.1. The molecule has 0 N–H and O–H groups in total. The zero-order valence-corrected chi connectivity index (χ0v) is 34.5. The van der Waals surface area contributed by atoms with Crippen molar-refractivity contribution in [2.24, 2.45) is 0 Å². The van der Waals surface area contributed by atoms with Crippen molar-refractivity contribution >= 4 is 72.8 Å². The van der Waals surface area contributed by atoms with Gasteiger partial charge in [-0.3, -0.25) is 0 Å². The Kier molecular flexibility index (Phi) is 8.27. The summed E-state index contributed by atoms with van der Waals surface area (Å²) in [6, 6.07) is 28.0. The summed E-state index contributed by atoms with van der Waals surface area (Å²) in [5, 5.41) is 6.12. The van der Waals surface area contributed by atoms with Crippen LogP contribution in [-0.4, -0.2) is 25.7 Å². The first-order valence-electron chi connectivity index (χ1n) is 15.7. The van der Waals surface area contributed by atoms with Gasteiger partial charge in [-0.1, -0.05) is 0 Å². The molecule has 0 radical (unpaired) electrons. The predicted molar refractivity (Wildman–Crippen MR) is 199 cm³/mol. The molecule has 0 spiro atoms. The quantitative estimate of drug-likeness (QED) is 0.156. The van der Waals surface area contributed by atoms with Gasteiger partial charge >= 0.3 is 278 Å². The van der Waals surface area contributed by atoms with Gasteiger partial charge in [-0.15, -0.1) is 0 Å². The molecule has 4 aromatic rings. The first-order valence-corrected chi connectivity index (χ1v) is 33.1. The van der Waals surface area contributed by atoms with Crippen LogP contribution in [0.4, 0.5) is 0 Å². The van der Waals surface area contributed by atoms with Gasteiger partial charge in [0.15, 0.2) is 0 Å². The van der Waals surface area contributed by atoms with Crippen molar-refractivity contribution in [3.05, 3.63) is 95.1 Å². The fourth-order valence-electron chi connectivity index (χ4n) is 7.16. The Bertz CT molecular complexity index is 1760. The molecule has 0 aromatic heterocycles. The van der Waals surface area contributed by atoms with E-state index >= 15 is 0 Å². The van der Waals surface area contributed by atoms with Gasteiger partial charge in [-0.2, -0.15) is 0 Å². The van der Waals surface area contributed by atoms with Crippen LogP contribution >= 0.6 is 17.0 Å². The average molecular weight is 735 g/mol. The van der Waals surface area contributed by atoms with E-state index in [4.69, 9.17) is 17.0 Å². The van der Waals surface area contributed by atoms with Crippen LogP contribution in [-0.2, 0) is 17.9 Å². The molecule has 0 nitrogen and oxygen atoms in total. The SMILES string of the molecule is CC1=Cc2c(ccc(C(C)C)c2-c2cc([Si](C)(C)C)cc([Si](C)(C)C)c2)[CH]1[Zr]([Cl])([Cl])[c]1cccc2c1[SiH2]c1ccccc1-2. The van der Waals surface area contributed by atoms with Crippen LogP contribution in [0.15, 0.2) is 78.4 Å². The second-order valence-corrected chi connectivity index (χ2v) is 41.1. The summed E-state index contributed by atoms with van der Waals surface area (Å²) >= 11 is -3.96. The Labute approximate surface area is 275 Å². The molecule has 1 unspecified atom stereocenters. The number of halogens is 2. The normalized spacial score (nSPS) is 16.8. The number of hydrogen-bond acceptors (Lipinski definition) is 0. The van der Waals surface area contributed by atoms with Crippen LogP contribution in [0.1, 0.15) is 47.0 Å². The second kappa shape index (κ2) is 11.2. The van der Waals surface area contributed by atoms with E-state index in [1.54, 1.807) is 10.4 Å². The number of fused-ring (bicyclic) bond motifs is 4. The molecule has 1 heterocycles. The molecule has 6 rings (SSSR count). The minimum atomic E-state index is -3.96. The number of allylic oxidation sites excluding steroid dienone is 1. The third kappa shape index (κ3) is 5.57. The molecule has 0 fully saturated rings. The van der Waals surface area contributed by atoms with Crippen molar-refractivity contribution < 1.29 is 17.9 Å². The van der Waals surface area contributed by atoms with Crippen LogP contribution in [0.2, 0.25) is 39.3 Å². The van der Waals surface area contributed by atoms with Crippen molar-refractivity contribution in [2.75, 3.05) is 0 Å². The summed E-state index contributed by atoms with van der Waals surface area (Å²) < 4.78 is 1.41. The third-order valence-electron chi connectivity index (χ3n) is 9.60. The van der Waals surface area contributed by atoms with Crippen molar-refractivity contribution in [1.29, 1.82) is 0 Å². The summed E-state index contributed by atoms with van der Waals surface area (Å²) in [4.78, 5) is 0. The number of benzene rings is 4. The van der Waals surface area contributed by atoms with Gasteiger partial charge in [0, 0.05) is 0 Å². The Morgan fingerprint density at radius 2 is 1.40 bits per heavy atom. The maximum absolute atomic E-state index is 7.86. The third-order valence-corrected chi connectivity index (χ3v) is 28.2. The summed E-state index contributed by atoms with van der Waals surface area (Å²) in [6.45, 7) is 21.8. The molecule has 0 amide bonds. The average Bonchev–Trinajstić information content (AvgIpc) is 3.48. The van der Waals surface area contributed by atoms with Gasteiger partial charge in [0.1, 0.15) is 0 Å². The molecular formula is C37H44Cl2Si3Zr. The second-order valence-electron chi connectivity index (χ2n) is 15.1. The molecule has 1 aliphatic carbocycles. The predicted octanol–water partition coefficient (Wildman–Crippen LogP) is 7.91. The van der Waals surface area contributed by atoms with Gasteiger partial charge in [0.05, 0.1) is 0 Å². The van der Waals surface area contributed by atoms with Crippen molar-refractivity contribution in [2.45, 2.75) is 69.6 Å². The van der Waals surface area contributed by atoms with E-state index in [9.17, 15) is 0 Å². The van der Waals surface area contributed by atoms with Gasteiger partial charge in [-0.05, 0) is 0 Å². The van der Waals surface area contributed by atoms with Crippen LogP contribution in [0.3, 0.4) is 0 Å². The monoisotopic (exact) mass is 732 g/mol. The Balaban J connectivity index is 1.55. The fraction of sp³-hybridized carbons (Fsp3) is 0.297. The summed E-state index contributed by atoms with van der Waals surface area (Å²) in [7, 11) is 12.0. The molecular weight excluding hydrogens is 691 g/mol. The molecule has 222 valence electrons. The Morgan fingerprint density at radius 3 is 2.02 bits per heavy atom. The van der Waals surface area contributed by atoms with Gasteiger partial charge in [0.2, 0.25) is 0 Å². The van der Waals surface area contributed by atoms with Crippen LogP contribution in [0.5, 0.6) is 0 Å². The van der Waals surface area contributed by atoms with E-state index in [1.807, 2.05) is 0 Å². The van der Waals surface area contributed by atoms with E-state index < -0.39 is 43.5 Å². The Morgan fingerprint density at radius 1 is 0.767 bits per heavy atom. The Hall–Kier alpha value is -1.27. The molecule has 43 heavy (non-hydrogen) atoms. The van der Waals surface area contributed by atoms with E-state index in [1.165, 1.54) is 58.2 Å². The first-order chi connectivity index (χ1) is 20.1. The summed E-state index contributed by atoms with van der Waals surface area (Å²) in [6.07, 6.45) is 2.45. The molecule has 2 aliphatic rings. The van der Waals surface area contributed by atoms with E-state index in [-0.39, 0.29) is 3.63 Å². The van der Waals surface area contributed by atoms with E-state index in [0.29, 0.717) is 5.92 Å². The topological polar surface area (TPSA) is 0 Å². The van der Waals surface area contributed by atoms with E-state index in [2.05, 4.69) is 139 Å². The zero-order valence-electron chi connectivity index (χ0n) is 27.1. The molecule has 4 aromatic carbocycles. The fourth-order valence-corrected chi connectivity index (χ4v) is 26.8. The van der Waals surface area contributed by atoms with Crippen LogP contribution in [0, 0.1) is 0 Å². The van der Waals surface area contributed by atoms with Gasteiger partial charge in [0.25, 0.3) is 0 Å². The molecule has 0 bridgehead atoms. The summed E-state index contributed by atoms with van der Waals surface area (Å²) in [5.41, 5.74) is 11.0. The van der Waals surface area contributed by atoms with Crippen molar-refractivity contribution in [3.63, 3.8) is 0 Å². The summed E-state index contributed by atoms with van der Waals surface area (Å²) in [5.74, 6) is 0.418. The molecule has 6 heteroatoms. The number of hydrogen-bond donors (Lipinski definition) is 0. The number of rotatable bonds is 6. The standard InChI is InChI=1S/C25H35Si2.C12H9Si.2ClH.Zr/c1-17(2)23-11-10-19-12-18(3)13-24(19)25(23)20-14-21(26(4,5)6)16-22(15-20)27(7,8)9;1-3-7-11-9(5-1)10-6-2-4-8-12(10)13-11;;;/h10-17H,1-9H3;1-7H,13H2;2*1H;/q;;;;+2/p-2. The molecule has 0 saturated carbocycles. The minimum absolute atomic E-state index is 0.105. The van der Waals surface area contributed by atoms with Gasteiger partial charge < -0.3 is 0 Å². The molecule has 1 aliphatic heterocycles. The van der Waals surface area contributed by atoms with Crippen molar-refractivity contribution in [1.82, 2.24) is 0 Å². The maximum atomic E-state index is 7.86.